The molecular formula is C17H18FNO4. The minimum atomic E-state index is -0.668. The Bertz CT molecular complexity index is 703. The topological polar surface area (TPSA) is 67.8 Å². The summed E-state index contributed by atoms with van der Waals surface area (Å²) in [6, 6.07) is 8.91. The number of amides is 1. The zero-order valence-corrected chi connectivity index (χ0v) is 12.9. The Morgan fingerprint density at radius 3 is 2.52 bits per heavy atom. The third kappa shape index (κ3) is 4.35. The van der Waals surface area contributed by atoms with Crippen LogP contribution >= 0.6 is 0 Å². The molecule has 23 heavy (non-hydrogen) atoms. The second-order valence-electron chi connectivity index (χ2n) is 4.75. The molecule has 2 N–H and O–H groups in total. The Morgan fingerprint density at radius 1 is 1.17 bits per heavy atom. The zero-order chi connectivity index (χ0) is 16.8. The van der Waals surface area contributed by atoms with E-state index in [1.54, 1.807) is 25.1 Å². The Hall–Kier alpha value is -2.76. The first-order chi connectivity index (χ1) is 11.0. The monoisotopic (exact) mass is 319 g/mol. The molecule has 0 saturated carbocycles. The number of benzene rings is 2. The number of aryl methyl sites for hydroxylation is 1. The fourth-order valence-corrected chi connectivity index (χ4v) is 1.93. The molecule has 0 aliphatic heterocycles. The molecule has 1 amide bonds. The molecule has 0 heterocycles. The van der Waals surface area contributed by atoms with E-state index in [9.17, 15) is 14.3 Å². The fraction of sp³-hybridized carbons (Fsp3) is 0.235. The van der Waals surface area contributed by atoms with Crippen LogP contribution in [0.3, 0.4) is 0 Å². The number of hydrogen-bond donors (Lipinski definition) is 2. The summed E-state index contributed by atoms with van der Waals surface area (Å²) in [5, 5.41) is 12.3. The minimum absolute atomic E-state index is 0.0565. The van der Waals surface area contributed by atoms with Crippen LogP contribution in [0.4, 0.5) is 14.9 Å². The fourth-order valence-electron chi connectivity index (χ4n) is 1.93. The summed E-state index contributed by atoms with van der Waals surface area (Å²) < 4.78 is 24.1. The molecule has 0 aromatic heterocycles. The number of carbonyl (C=O) groups is 1. The highest BCUT2D eigenvalue weighted by molar-refractivity contribution is 5.84. The smallest absolute Gasteiger partial charge is 0.411 e. The van der Waals surface area contributed by atoms with Gasteiger partial charge in [-0.3, -0.25) is 5.32 Å². The van der Waals surface area contributed by atoms with Crippen molar-refractivity contribution in [1.29, 1.82) is 0 Å². The maximum absolute atomic E-state index is 14.1. The average molecular weight is 319 g/mol. The van der Waals surface area contributed by atoms with Crippen molar-refractivity contribution in [3.05, 3.63) is 47.8 Å². The maximum atomic E-state index is 14.1. The molecule has 122 valence electrons. The molecule has 0 radical (unpaired) electrons. The van der Waals surface area contributed by atoms with E-state index < -0.39 is 11.9 Å². The molecule has 5 nitrogen and oxygen atoms in total. The Labute approximate surface area is 133 Å². The predicted molar refractivity (Wildman–Crippen MR) is 84.6 cm³/mol. The number of rotatable bonds is 5. The molecule has 6 heteroatoms. The summed E-state index contributed by atoms with van der Waals surface area (Å²) in [6.45, 7) is 3.86. The number of anilines is 1. The summed E-state index contributed by atoms with van der Waals surface area (Å²) in [5.74, 6) is -0.623. The quantitative estimate of drug-likeness (QED) is 0.854. The van der Waals surface area contributed by atoms with E-state index in [1.165, 1.54) is 12.1 Å². The van der Waals surface area contributed by atoms with E-state index in [1.807, 2.05) is 6.92 Å². The molecule has 0 aliphatic rings. The van der Waals surface area contributed by atoms with E-state index in [4.69, 9.17) is 9.47 Å². The number of aromatic hydroxyl groups is 1. The zero-order valence-electron chi connectivity index (χ0n) is 12.9. The van der Waals surface area contributed by atoms with Gasteiger partial charge in [0.05, 0.1) is 6.61 Å². The Morgan fingerprint density at radius 2 is 1.91 bits per heavy atom. The maximum Gasteiger partial charge on any atom is 0.411 e. The van der Waals surface area contributed by atoms with E-state index in [0.717, 1.165) is 18.1 Å². The molecule has 2 aromatic carbocycles. The number of nitrogens with one attached hydrogen (secondary N) is 1. The molecule has 0 bridgehead atoms. The second-order valence-corrected chi connectivity index (χ2v) is 4.75. The van der Waals surface area contributed by atoms with Crippen molar-refractivity contribution in [3.63, 3.8) is 0 Å². The van der Waals surface area contributed by atoms with Crippen molar-refractivity contribution in [2.75, 3.05) is 11.9 Å². The molecule has 0 atom stereocenters. The van der Waals surface area contributed by atoms with Gasteiger partial charge in [-0.15, -0.1) is 0 Å². The molecule has 0 saturated heterocycles. The lowest BCUT2D eigenvalue weighted by atomic mass is 10.1. The highest BCUT2D eigenvalue weighted by Crippen LogP contribution is 2.33. The highest BCUT2D eigenvalue weighted by atomic mass is 19.1. The number of carbonyl (C=O) groups excluding carboxylic acids is 1. The van der Waals surface area contributed by atoms with Crippen LogP contribution in [-0.4, -0.2) is 17.8 Å². The lowest BCUT2D eigenvalue weighted by molar-refractivity contribution is 0.168. The lowest BCUT2D eigenvalue weighted by Gasteiger charge is -2.11. The molecule has 0 fully saturated rings. The third-order valence-corrected chi connectivity index (χ3v) is 3.11. The van der Waals surface area contributed by atoms with Crippen LogP contribution in [0.5, 0.6) is 17.2 Å². The highest BCUT2D eigenvalue weighted by Gasteiger charge is 2.11. The molecule has 0 aliphatic carbocycles. The molecule has 2 rings (SSSR count). The summed E-state index contributed by atoms with van der Waals surface area (Å²) in [7, 11) is 0. The van der Waals surface area contributed by atoms with Crippen molar-refractivity contribution in [2.24, 2.45) is 0 Å². The van der Waals surface area contributed by atoms with Gasteiger partial charge in [0, 0.05) is 11.8 Å². The molecule has 2 aromatic rings. The van der Waals surface area contributed by atoms with Crippen LogP contribution in [0.15, 0.2) is 36.4 Å². The predicted octanol–water partition coefficient (Wildman–Crippen LogP) is 4.45. The van der Waals surface area contributed by atoms with Gasteiger partial charge in [-0.05, 0) is 43.2 Å². The van der Waals surface area contributed by atoms with Crippen molar-refractivity contribution in [3.8, 4) is 17.2 Å². The standard InChI is InChI=1S/C17H18FNO4/c1-3-11-5-7-16(14(20)9-11)23-15-8-6-12(10-13(15)18)19-17(21)22-4-2/h5-10,20H,3-4H2,1-2H3,(H,19,21). The first-order valence-corrected chi connectivity index (χ1v) is 7.26. The van der Waals surface area contributed by atoms with Gasteiger partial charge in [0.15, 0.2) is 23.1 Å². The van der Waals surface area contributed by atoms with Gasteiger partial charge in [0.1, 0.15) is 0 Å². The van der Waals surface area contributed by atoms with Gasteiger partial charge in [0.25, 0.3) is 0 Å². The van der Waals surface area contributed by atoms with Crippen LogP contribution < -0.4 is 10.1 Å². The normalized spacial score (nSPS) is 10.2. The Kier molecular flexibility index (Phi) is 5.41. The number of hydrogen-bond acceptors (Lipinski definition) is 4. The number of phenols is 1. The molecular weight excluding hydrogens is 301 g/mol. The first-order valence-electron chi connectivity index (χ1n) is 7.26. The van der Waals surface area contributed by atoms with Crippen LogP contribution in [-0.2, 0) is 11.2 Å². The lowest BCUT2D eigenvalue weighted by Crippen LogP contribution is -2.13. The SMILES string of the molecule is CCOC(=O)Nc1ccc(Oc2ccc(CC)cc2O)c(F)c1. The Balaban J connectivity index is 2.13. The van der Waals surface area contributed by atoms with Gasteiger partial charge >= 0.3 is 6.09 Å². The summed E-state index contributed by atoms with van der Waals surface area (Å²) in [5.41, 5.74) is 1.20. The molecule has 0 unspecified atom stereocenters. The van der Waals surface area contributed by atoms with Crippen molar-refractivity contribution in [1.82, 2.24) is 0 Å². The van der Waals surface area contributed by atoms with Crippen molar-refractivity contribution in [2.45, 2.75) is 20.3 Å². The van der Waals surface area contributed by atoms with E-state index >= 15 is 0 Å². The second kappa shape index (κ2) is 7.49. The average Bonchev–Trinajstić information content (AvgIpc) is 2.51. The number of ether oxygens (including phenoxy) is 2. The van der Waals surface area contributed by atoms with Gasteiger partial charge in [0.2, 0.25) is 0 Å². The third-order valence-electron chi connectivity index (χ3n) is 3.11. The van der Waals surface area contributed by atoms with Crippen LogP contribution in [0.2, 0.25) is 0 Å². The summed E-state index contributed by atoms with van der Waals surface area (Å²) in [4.78, 5) is 11.3. The van der Waals surface area contributed by atoms with Gasteiger partial charge in [-0.2, -0.15) is 0 Å². The summed E-state index contributed by atoms with van der Waals surface area (Å²) >= 11 is 0. The van der Waals surface area contributed by atoms with Crippen LogP contribution in [0.25, 0.3) is 0 Å². The van der Waals surface area contributed by atoms with Crippen LogP contribution in [0, 0.1) is 5.82 Å². The van der Waals surface area contributed by atoms with E-state index in [2.05, 4.69) is 5.32 Å². The minimum Gasteiger partial charge on any atom is -0.504 e. The van der Waals surface area contributed by atoms with Gasteiger partial charge in [-0.25, -0.2) is 9.18 Å². The summed E-state index contributed by atoms with van der Waals surface area (Å²) in [6.07, 6.45) is 0.115. The van der Waals surface area contributed by atoms with Gasteiger partial charge < -0.3 is 14.6 Å². The number of halogens is 1. The number of phenolic OH excluding ortho intramolecular Hbond substituents is 1. The van der Waals surface area contributed by atoms with E-state index in [-0.39, 0.29) is 29.5 Å². The van der Waals surface area contributed by atoms with Crippen molar-refractivity contribution < 1.29 is 23.8 Å². The van der Waals surface area contributed by atoms with Gasteiger partial charge in [-0.1, -0.05) is 13.0 Å². The van der Waals surface area contributed by atoms with E-state index in [0.29, 0.717) is 0 Å². The van der Waals surface area contributed by atoms with Crippen LogP contribution in [0.1, 0.15) is 19.4 Å². The first kappa shape index (κ1) is 16.6. The molecule has 0 spiro atoms. The largest absolute Gasteiger partial charge is 0.504 e. The van der Waals surface area contributed by atoms with Crippen molar-refractivity contribution >= 4 is 11.8 Å².